The van der Waals surface area contributed by atoms with E-state index in [1.165, 1.54) is 84.5 Å². The van der Waals surface area contributed by atoms with Gasteiger partial charge in [-0.25, -0.2) is 14.7 Å². The molecule has 4 aliphatic rings. The second-order valence-electron chi connectivity index (χ2n) is 14.1. The zero-order valence-electron chi connectivity index (χ0n) is 32.6. The van der Waals surface area contributed by atoms with E-state index in [4.69, 9.17) is 9.47 Å². The van der Waals surface area contributed by atoms with Crippen LogP contribution in [-0.2, 0) is 9.47 Å². The number of pyridine rings is 1. The molecule has 0 atom stereocenters. The fourth-order valence-corrected chi connectivity index (χ4v) is 10.1. The lowest BCUT2D eigenvalue weighted by Crippen LogP contribution is -2.45. The number of thioether (sulfide) groups is 1. The normalized spacial score (nSPS) is 16.7. The van der Waals surface area contributed by atoms with Crippen LogP contribution in [0.4, 0.5) is 27.7 Å². The van der Waals surface area contributed by atoms with Crippen LogP contribution in [0.15, 0.2) is 110 Å². The molecule has 0 spiro atoms. The van der Waals surface area contributed by atoms with E-state index in [2.05, 4.69) is 81.0 Å². The Morgan fingerprint density at radius 2 is 1.39 bits per heavy atom. The first-order valence-corrected chi connectivity index (χ1v) is 22.4. The molecule has 8 rings (SSSR count). The minimum atomic E-state index is -0.424. The third-order valence-electron chi connectivity index (χ3n) is 10.3. The van der Waals surface area contributed by atoms with Crippen molar-refractivity contribution in [2.45, 2.75) is 57.1 Å². The highest BCUT2D eigenvalue weighted by molar-refractivity contribution is 8.00. The Balaban J connectivity index is 0.000000187. The number of likely N-dealkylation sites (tertiary alicyclic amines) is 1. The van der Waals surface area contributed by atoms with Crippen molar-refractivity contribution in [2.24, 2.45) is 0 Å². The quantitative estimate of drug-likeness (QED) is 0.101. The van der Waals surface area contributed by atoms with Gasteiger partial charge in [0.1, 0.15) is 6.61 Å². The van der Waals surface area contributed by atoms with E-state index >= 15 is 0 Å². The van der Waals surface area contributed by atoms with Gasteiger partial charge in [0.15, 0.2) is 5.82 Å². The summed E-state index contributed by atoms with van der Waals surface area (Å²) in [6, 6.07) is 27.5. The number of fused-ring (bicyclic) bond motifs is 4. The van der Waals surface area contributed by atoms with Gasteiger partial charge in [-0.1, -0.05) is 61.1 Å². The Labute approximate surface area is 352 Å². The summed E-state index contributed by atoms with van der Waals surface area (Å²) in [7, 11) is 2.22. The second kappa shape index (κ2) is 21.7. The fourth-order valence-electron chi connectivity index (χ4n) is 7.34. The van der Waals surface area contributed by atoms with Crippen molar-refractivity contribution in [3.05, 3.63) is 85.1 Å². The van der Waals surface area contributed by atoms with Crippen molar-refractivity contribution < 1.29 is 14.3 Å². The molecule has 4 aliphatic heterocycles. The lowest BCUT2D eigenvalue weighted by atomic mass is 10.1. The van der Waals surface area contributed by atoms with Crippen molar-refractivity contribution in [3.63, 3.8) is 0 Å². The number of benzene rings is 3. The largest absolute Gasteiger partial charge is 0.446 e. The van der Waals surface area contributed by atoms with Crippen LogP contribution < -0.4 is 9.80 Å². The molecule has 13 heteroatoms. The first-order valence-electron chi connectivity index (χ1n) is 19.8. The van der Waals surface area contributed by atoms with Crippen LogP contribution in [0.25, 0.3) is 0 Å². The molecule has 5 heterocycles. The van der Waals surface area contributed by atoms with E-state index in [0.29, 0.717) is 19.0 Å². The van der Waals surface area contributed by atoms with E-state index in [-0.39, 0.29) is 19.0 Å². The summed E-state index contributed by atoms with van der Waals surface area (Å²) in [6.07, 6.45) is 6.37. The van der Waals surface area contributed by atoms with Crippen LogP contribution in [0.2, 0.25) is 0 Å². The Morgan fingerprint density at radius 3 is 2.18 bits per heavy atom. The van der Waals surface area contributed by atoms with Crippen molar-refractivity contribution in [1.29, 1.82) is 0 Å². The molecule has 2 saturated heterocycles. The minimum Gasteiger partial charge on any atom is -0.446 e. The monoisotopic (exact) mass is 834 g/mol. The molecule has 0 unspecified atom stereocenters. The molecule has 0 bridgehead atoms. The third kappa shape index (κ3) is 11.2. The Kier molecular flexibility index (Phi) is 16.5. The summed E-state index contributed by atoms with van der Waals surface area (Å²) in [4.78, 5) is 34.9. The van der Waals surface area contributed by atoms with E-state index < -0.39 is 6.09 Å². The predicted molar refractivity (Wildman–Crippen MR) is 236 cm³/mol. The zero-order valence-corrected chi connectivity index (χ0v) is 35.9. The van der Waals surface area contributed by atoms with Gasteiger partial charge in [0.25, 0.3) is 0 Å². The summed E-state index contributed by atoms with van der Waals surface area (Å²) in [5.74, 6) is 1.73. The summed E-state index contributed by atoms with van der Waals surface area (Å²) < 4.78 is 11.1. The number of amides is 1. The molecule has 2 fully saturated rings. The summed E-state index contributed by atoms with van der Waals surface area (Å²) in [6.45, 7) is 13.9. The summed E-state index contributed by atoms with van der Waals surface area (Å²) in [5.41, 5.74) is 3.55. The average molecular weight is 836 g/mol. The van der Waals surface area contributed by atoms with Gasteiger partial charge in [0.05, 0.1) is 35.2 Å². The van der Waals surface area contributed by atoms with Crippen LogP contribution in [-0.4, -0.2) is 117 Å². The van der Waals surface area contributed by atoms with Crippen LogP contribution in [0.5, 0.6) is 0 Å². The van der Waals surface area contributed by atoms with Gasteiger partial charge in [-0.15, -0.1) is 24.2 Å². The number of hydrogen-bond donors (Lipinski definition) is 0. The topological polar surface area (TPSA) is 64.6 Å². The van der Waals surface area contributed by atoms with Crippen LogP contribution in [0.1, 0.15) is 32.6 Å². The number of carbonyl (C=O) groups is 1. The SMILES string of the molecule is CCSc1ccc2c(c1)N(CCCN1CCN(C)CC1)c1ccccc1S2.Cl.O=C(OCCOCCN1CCCCC1)N1c2ccccc2Sc2cccnc21. The number of carbonyl (C=O) groups excluding carboxylic acids is 1. The number of piperazine rings is 1. The number of para-hydroxylation sites is 2. The second-order valence-corrected chi connectivity index (χ2v) is 17.6. The van der Waals surface area contributed by atoms with E-state index in [9.17, 15) is 4.79 Å². The van der Waals surface area contributed by atoms with E-state index in [1.54, 1.807) is 22.9 Å². The lowest BCUT2D eigenvalue weighted by Gasteiger charge is -2.35. The number of halogens is 1. The molecule has 1 aromatic heterocycles. The van der Waals surface area contributed by atoms with Gasteiger partial charge >= 0.3 is 6.09 Å². The Hall–Kier alpha value is -2.94. The first kappa shape index (κ1) is 42.7. The lowest BCUT2D eigenvalue weighted by molar-refractivity contribution is 0.0599. The third-order valence-corrected chi connectivity index (χ3v) is 13.4. The number of aromatic nitrogens is 1. The maximum atomic E-state index is 12.8. The molecule has 3 aromatic carbocycles. The fraction of sp³-hybridized carbons (Fsp3) is 0.442. The Bertz CT molecular complexity index is 1810. The maximum Gasteiger partial charge on any atom is 0.420 e. The van der Waals surface area contributed by atoms with Crippen LogP contribution in [0.3, 0.4) is 0 Å². The summed E-state index contributed by atoms with van der Waals surface area (Å²) >= 11 is 5.45. The molecule has 0 aliphatic carbocycles. The Morgan fingerprint density at radius 1 is 0.714 bits per heavy atom. The van der Waals surface area contributed by atoms with Crippen LogP contribution in [0, 0.1) is 0 Å². The molecule has 0 saturated carbocycles. The van der Waals surface area contributed by atoms with Crippen molar-refractivity contribution in [1.82, 2.24) is 19.7 Å². The molecular formula is C43H55ClN6O3S3. The number of ether oxygens (including phenoxy) is 2. The predicted octanol–water partition coefficient (Wildman–Crippen LogP) is 9.78. The van der Waals surface area contributed by atoms with Gasteiger partial charge in [0.2, 0.25) is 0 Å². The van der Waals surface area contributed by atoms with E-state index in [1.807, 2.05) is 59.9 Å². The number of anilines is 4. The van der Waals surface area contributed by atoms with Crippen molar-refractivity contribution >= 4 is 76.7 Å². The molecule has 1 amide bonds. The van der Waals surface area contributed by atoms with Crippen LogP contribution >= 0.6 is 47.7 Å². The minimum absolute atomic E-state index is 0. The smallest absolute Gasteiger partial charge is 0.420 e. The molecular weight excluding hydrogens is 780 g/mol. The number of likely N-dealkylation sites (N-methyl/N-ethyl adjacent to an activating group) is 1. The summed E-state index contributed by atoms with van der Waals surface area (Å²) in [5, 5.41) is 0. The first-order chi connectivity index (χ1) is 27.1. The highest BCUT2D eigenvalue weighted by Crippen LogP contribution is 2.49. The van der Waals surface area contributed by atoms with Crippen molar-refractivity contribution in [3.8, 4) is 0 Å². The molecule has 0 radical (unpaired) electrons. The molecule has 9 nitrogen and oxygen atoms in total. The zero-order chi connectivity index (χ0) is 37.8. The van der Waals surface area contributed by atoms with Crippen molar-refractivity contribution in [2.75, 3.05) is 101 Å². The number of nitrogens with zero attached hydrogens (tertiary/aromatic N) is 6. The van der Waals surface area contributed by atoms with Gasteiger partial charge < -0.3 is 29.1 Å². The average Bonchev–Trinajstić information content (AvgIpc) is 3.22. The van der Waals surface area contributed by atoms with Gasteiger partial charge in [-0.05, 0) is 106 Å². The number of rotatable bonds is 12. The highest BCUT2D eigenvalue weighted by Gasteiger charge is 2.30. The maximum absolute atomic E-state index is 12.8. The number of piperidine rings is 1. The number of hydrogen-bond acceptors (Lipinski definition) is 11. The molecule has 4 aromatic rings. The molecule has 0 N–H and O–H groups in total. The molecule has 56 heavy (non-hydrogen) atoms. The van der Waals surface area contributed by atoms with E-state index in [0.717, 1.165) is 47.4 Å². The highest BCUT2D eigenvalue weighted by atomic mass is 35.5. The van der Waals surface area contributed by atoms with Gasteiger partial charge in [0, 0.05) is 65.0 Å². The van der Waals surface area contributed by atoms with Gasteiger partial charge in [-0.3, -0.25) is 0 Å². The standard InChI is InChI=1S/C22H29N3S2.C21H25N3O3S.ClH/c1-3-26-18-9-10-22-20(17-18)25(19-7-4-5-8-21(19)27-22)12-6-11-24-15-13-23(2)14-16-24;25-21(27-16-15-26-14-13-23-11-4-1-5-12-23)24-17-7-2-3-8-18(17)28-19-9-6-10-22-20(19)24;/h4-5,7-10,17H,3,6,11-16H2,1-2H3;2-3,6-10H,1,4-5,11-16H2;1H. The molecule has 300 valence electrons. The van der Waals surface area contributed by atoms with Gasteiger partial charge in [-0.2, -0.15) is 0 Å².